The van der Waals surface area contributed by atoms with Crippen LogP contribution in [-0.2, 0) is 19.1 Å². The van der Waals surface area contributed by atoms with Crippen molar-refractivity contribution < 1.29 is 28.6 Å². The number of allylic oxidation sites excluding steroid dienone is 1. The fraction of sp³-hybridized carbons (Fsp3) is 0.424. The zero-order chi connectivity index (χ0) is 30.0. The number of aliphatic hydroxyl groups is 1. The standard InChI is InChI=1S/C33H37N3O7/c1-2-41-31-23(12-8-18-37)25(26-20-42-27-13-7-6-11-24(27)29(26)38)19-28(43-31)30(39)35-16-14-33(15-17-35)32(40)34-21-36(33)22-9-4-3-5-10-22/h3-7,9-11,13,19-20,23,25,31,37H,2,8,12,14-18,21H2,1H3,(H,34,40). The maximum absolute atomic E-state index is 14.0. The Labute approximate surface area is 249 Å². The van der Waals surface area contributed by atoms with Crippen molar-refractivity contribution in [2.75, 3.05) is 37.9 Å². The van der Waals surface area contributed by atoms with Gasteiger partial charge in [0.05, 0.1) is 18.3 Å². The van der Waals surface area contributed by atoms with Crippen LogP contribution in [0.4, 0.5) is 5.69 Å². The molecule has 10 nitrogen and oxygen atoms in total. The average Bonchev–Trinajstić information content (AvgIpc) is 3.35. The fourth-order valence-corrected chi connectivity index (χ4v) is 6.71. The zero-order valence-corrected chi connectivity index (χ0v) is 24.2. The minimum absolute atomic E-state index is 0.0208. The van der Waals surface area contributed by atoms with Gasteiger partial charge in [-0.25, -0.2) is 0 Å². The van der Waals surface area contributed by atoms with Crippen LogP contribution in [0.15, 0.2) is 81.9 Å². The SMILES string of the molecule is CCOC1OC(C(=O)N2CCC3(CC2)C(=O)NCN3c2ccccc2)=CC(c2coc3ccccc3c2=O)C1CCCO. The number of piperidine rings is 1. The van der Waals surface area contributed by atoms with Gasteiger partial charge in [-0.1, -0.05) is 30.3 Å². The van der Waals surface area contributed by atoms with Crippen LogP contribution in [0.5, 0.6) is 0 Å². The third-order valence-corrected chi connectivity index (χ3v) is 8.97. The lowest BCUT2D eigenvalue weighted by molar-refractivity contribution is -0.171. The molecular weight excluding hydrogens is 550 g/mol. The van der Waals surface area contributed by atoms with Gasteiger partial charge in [-0.3, -0.25) is 14.4 Å². The molecule has 3 aromatic rings. The van der Waals surface area contributed by atoms with Gasteiger partial charge in [0.1, 0.15) is 11.1 Å². The average molecular weight is 588 g/mol. The molecule has 0 saturated carbocycles. The van der Waals surface area contributed by atoms with Gasteiger partial charge in [-0.05, 0) is 62.9 Å². The molecule has 4 heterocycles. The number of likely N-dealkylation sites (tertiary alicyclic amines) is 1. The molecule has 0 aliphatic carbocycles. The van der Waals surface area contributed by atoms with Crippen molar-refractivity contribution in [2.45, 2.75) is 50.4 Å². The van der Waals surface area contributed by atoms with E-state index in [1.165, 1.54) is 6.26 Å². The lowest BCUT2D eigenvalue weighted by Gasteiger charge is -2.44. The molecule has 2 aromatic carbocycles. The van der Waals surface area contributed by atoms with Crippen LogP contribution in [-0.4, -0.2) is 66.6 Å². The van der Waals surface area contributed by atoms with E-state index < -0.39 is 17.7 Å². The molecule has 1 spiro atoms. The number of nitrogens with one attached hydrogen (secondary N) is 1. The van der Waals surface area contributed by atoms with Gasteiger partial charge in [-0.15, -0.1) is 0 Å². The summed E-state index contributed by atoms with van der Waals surface area (Å²) in [5, 5.41) is 13.1. The van der Waals surface area contributed by atoms with Crippen LogP contribution in [0, 0.1) is 5.92 Å². The van der Waals surface area contributed by atoms with E-state index in [1.54, 1.807) is 29.2 Å². The first kappa shape index (κ1) is 28.9. The van der Waals surface area contributed by atoms with E-state index in [0.29, 0.717) is 68.6 Å². The Kier molecular flexibility index (Phi) is 8.23. The highest BCUT2D eigenvalue weighted by molar-refractivity contribution is 5.95. The second kappa shape index (κ2) is 12.2. The van der Waals surface area contributed by atoms with Gasteiger partial charge in [0.2, 0.25) is 12.2 Å². The first-order valence-electron chi connectivity index (χ1n) is 15.0. The number of nitrogens with zero attached hydrogens (tertiary/aromatic N) is 2. The Hall–Kier alpha value is -4.15. The molecule has 2 amide bonds. The Morgan fingerprint density at radius 3 is 2.58 bits per heavy atom. The summed E-state index contributed by atoms with van der Waals surface area (Å²) in [6.07, 6.45) is 4.34. The van der Waals surface area contributed by atoms with Crippen LogP contribution >= 0.6 is 0 Å². The molecule has 2 saturated heterocycles. The van der Waals surface area contributed by atoms with Gasteiger partial charge >= 0.3 is 0 Å². The van der Waals surface area contributed by atoms with Crippen molar-refractivity contribution in [3.63, 3.8) is 0 Å². The predicted octanol–water partition coefficient (Wildman–Crippen LogP) is 3.50. The van der Waals surface area contributed by atoms with Gasteiger partial charge in [0.15, 0.2) is 11.2 Å². The summed E-state index contributed by atoms with van der Waals surface area (Å²) in [6.45, 7) is 3.33. The maximum atomic E-state index is 14.0. The van der Waals surface area contributed by atoms with Crippen LogP contribution in [0.2, 0.25) is 0 Å². The van der Waals surface area contributed by atoms with Crippen molar-refractivity contribution in [1.29, 1.82) is 0 Å². The van der Waals surface area contributed by atoms with Crippen LogP contribution < -0.4 is 15.6 Å². The van der Waals surface area contributed by atoms with Crippen molar-refractivity contribution >= 4 is 28.5 Å². The maximum Gasteiger partial charge on any atom is 0.288 e. The van der Waals surface area contributed by atoms with Crippen molar-refractivity contribution in [1.82, 2.24) is 10.2 Å². The summed E-state index contributed by atoms with van der Waals surface area (Å²) in [7, 11) is 0. The number of fused-ring (bicyclic) bond motifs is 1. The van der Waals surface area contributed by atoms with E-state index in [-0.39, 0.29) is 35.5 Å². The highest BCUT2D eigenvalue weighted by Gasteiger charge is 2.51. The molecule has 3 unspecified atom stereocenters. The molecule has 3 atom stereocenters. The van der Waals surface area contributed by atoms with E-state index >= 15 is 0 Å². The van der Waals surface area contributed by atoms with E-state index in [0.717, 1.165) is 5.69 Å². The third kappa shape index (κ3) is 5.29. The van der Waals surface area contributed by atoms with Gasteiger partial charge in [-0.2, -0.15) is 0 Å². The van der Waals surface area contributed by atoms with Gasteiger partial charge in [0.25, 0.3) is 5.91 Å². The smallest absolute Gasteiger partial charge is 0.288 e. The normalized spacial score (nSPS) is 23.3. The van der Waals surface area contributed by atoms with Crippen molar-refractivity contribution in [3.8, 4) is 0 Å². The summed E-state index contributed by atoms with van der Waals surface area (Å²) in [6, 6.07) is 16.9. The summed E-state index contributed by atoms with van der Waals surface area (Å²) in [5.74, 6) is -1.06. The Morgan fingerprint density at radius 2 is 1.84 bits per heavy atom. The molecular formula is C33H37N3O7. The molecule has 1 aromatic heterocycles. The molecule has 2 fully saturated rings. The Balaban J connectivity index is 1.29. The number of ether oxygens (including phenoxy) is 2. The number of amides is 2. The van der Waals surface area contributed by atoms with E-state index in [1.807, 2.05) is 43.3 Å². The minimum Gasteiger partial charge on any atom is -0.464 e. The molecule has 3 aliphatic heterocycles. The summed E-state index contributed by atoms with van der Waals surface area (Å²) in [4.78, 5) is 44.5. The Bertz CT molecular complexity index is 1560. The summed E-state index contributed by atoms with van der Waals surface area (Å²) in [5.41, 5.74) is 0.965. The number of carbonyl (C=O) groups is 2. The lowest BCUT2D eigenvalue weighted by atomic mass is 9.80. The highest BCUT2D eigenvalue weighted by atomic mass is 16.7. The second-order valence-electron chi connectivity index (χ2n) is 11.3. The summed E-state index contributed by atoms with van der Waals surface area (Å²) < 4.78 is 18.0. The highest BCUT2D eigenvalue weighted by Crippen LogP contribution is 2.41. The van der Waals surface area contributed by atoms with Gasteiger partial charge in [0, 0.05) is 49.4 Å². The molecule has 10 heteroatoms. The van der Waals surface area contributed by atoms with Crippen LogP contribution in [0.25, 0.3) is 11.0 Å². The summed E-state index contributed by atoms with van der Waals surface area (Å²) >= 11 is 0. The molecule has 0 bridgehead atoms. The minimum atomic E-state index is -0.790. The van der Waals surface area contributed by atoms with E-state index in [2.05, 4.69) is 10.2 Å². The molecule has 226 valence electrons. The van der Waals surface area contributed by atoms with Crippen molar-refractivity contribution in [3.05, 3.63) is 88.5 Å². The quantitative estimate of drug-likeness (QED) is 0.411. The first-order valence-corrected chi connectivity index (χ1v) is 15.0. The number of hydrogen-bond acceptors (Lipinski definition) is 8. The monoisotopic (exact) mass is 587 g/mol. The lowest BCUT2D eigenvalue weighted by Crippen LogP contribution is -2.57. The van der Waals surface area contributed by atoms with E-state index in [9.17, 15) is 19.5 Å². The molecule has 3 aliphatic rings. The number of anilines is 1. The first-order chi connectivity index (χ1) is 21.0. The molecule has 0 radical (unpaired) electrons. The third-order valence-electron chi connectivity index (χ3n) is 8.97. The number of para-hydroxylation sites is 2. The van der Waals surface area contributed by atoms with Crippen molar-refractivity contribution in [2.24, 2.45) is 5.92 Å². The largest absolute Gasteiger partial charge is 0.464 e. The van der Waals surface area contributed by atoms with Crippen LogP contribution in [0.1, 0.15) is 44.1 Å². The molecule has 6 rings (SSSR count). The zero-order valence-electron chi connectivity index (χ0n) is 24.2. The topological polar surface area (TPSA) is 122 Å². The van der Waals surface area contributed by atoms with Gasteiger partial charge < -0.3 is 34.1 Å². The number of carbonyl (C=O) groups excluding carboxylic acids is 2. The molecule has 43 heavy (non-hydrogen) atoms. The number of aliphatic hydroxyl groups excluding tert-OH is 1. The molecule has 2 N–H and O–H groups in total. The predicted molar refractivity (Wildman–Crippen MR) is 160 cm³/mol. The number of benzene rings is 2. The second-order valence-corrected chi connectivity index (χ2v) is 11.3. The fourth-order valence-electron chi connectivity index (χ4n) is 6.71. The van der Waals surface area contributed by atoms with Crippen LogP contribution in [0.3, 0.4) is 0 Å². The number of hydrogen-bond donors (Lipinski definition) is 2. The number of rotatable bonds is 8. The Morgan fingerprint density at radius 1 is 1.09 bits per heavy atom. The van der Waals surface area contributed by atoms with E-state index in [4.69, 9.17) is 13.9 Å².